The maximum absolute atomic E-state index is 11.1. The Morgan fingerprint density at radius 1 is 1.44 bits per heavy atom. The molecule has 0 aliphatic carbocycles. The molecule has 0 atom stereocenters. The van der Waals surface area contributed by atoms with Gasteiger partial charge in [0.2, 0.25) is 0 Å². The summed E-state index contributed by atoms with van der Waals surface area (Å²) in [4.78, 5) is 21.4. The lowest BCUT2D eigenvalue weighted by atomic mass is 10.2. The molecule has 2 aromatic rings. The number of nitrogens with zero attached hydrogens (tertiary/aromatic N) is 2. The molecule has 1 heterocycles. The summed E-state index contributed by atoms with van der Waals surface area (Å²) in [6.07, 6.45) is 2.04. The van der Waals surface area contributed by atoms with Crippen LogP contribution in [0.25, 0.3) is 10.9 Å². The number of hydrogen-bond donors (Lipinski definition) is 0. The SMILES string of the molecule is COC(=O)CCn1ccc2ccc([N+](=O)[O-])cc21. The monoisotopic (exact) mass is 248 g/mol. The van der Waals surface area contributed by atoms with Crippen molar-refractivity contribution in [1.29, 1.82) is 0 Å². The first-order valence-corrected chi connectivity index (χ1v) is 5.42. The van der Waals surface area contributed by atoms with Crippen LogP contribution in [0.2, 0.25) is 0 Å². The van der Waals surface area contributed by atoms with Crippen LogP contribution in [-0.2, 0) is 16.1 Å². The Hall–Kier alpha value is -2.37. The smallest absolute Gasteiger partial charge is 0.307 e. The standard InChI is InChI=1S/C12H12N2O4/c1-18-12(15)5-7-13-6-4-9-2-3-10(14(16)17)8-11(9)13/h2-4,6,8H,5,7H2,1H3. The van der Waals surface area contributed by atoms with Crippen LogP contribution < -0.4 is 0 Å². The Labute approximate surface area is 103 Å². The van der Waals surface area contributed by atoms with Crippen molar-refractivity contribution >= 4 is 22.6 Å². The van der Waals surface area contributed by atoms with Crippen LogP contribution in [0.4, 0.5) is 5.69 Å². The van der Waals surface area contributed by atoms with Crippen molar-refractivity contribution in [3.05, 3.63) is 40.6 Å². The number of hydrogen-bond acceptors (Lipinski definition) is 4. The molecule has 1 aromatic carbocycles. The molecule has 2 rings (SSSR count). The number of aryl methyl sites for hydroxylation is 1. The third-order valence-electron chi connectivity index (χ3n) is 2.75. The minimum atomic E-state index is -0.433. The Kier molecular flexibility index (Phi) is 3.27. The first-order chi connectivity index (χ1) is 8.61. The lowest BCUT2D eigenvalue weighted by Gasteiger charge is -2.04. The Morgan fingerprint density at radius 3 is 2.89 bits per heavy atom. The van der Waals surface area contributed by atoms with E-state index in [4.69, 9.17) is 0 Å². The Bertz CT molecular complexity index is 603. The van der Waals surface area contributed by atoms with E-state index >= 15 is 0 Å². The predicted molar refractivity (Wildman–Crippen MR) is 65.2 cm³/mol. The zero-order chi connectivity index (χ0) is 13.1. The predicted octanol–water partition coefficient (Wildman–Crippen LogP) is 2.11. The zero-order valence-corrected chi connectivity index (χ0v) is 9.83. The highest BCUT2D eigenvalue weighted by Gasteiger charge is 2.10. The summed E-state index contributed by atoms with van der Waals surface area (Å²) >= 11 is 0. The lowest BCUT2D eigenvalue weighted by Crippen LogP contribution is -2.06. The number of nitro benzene ring substituents is 1. The number of rotatable bonds is 4. The van der Waals surface area contributed by atoms with E-state index in [0.717, 1.165) is 10.9 Å². The average molecular weight is 248 g/mol. The second-order valence-electron chi connectivity index (χ2n) is 3.84. The molecule has 1 aromatic heterocycles. The van der Waals surface area contributed by atoms with Gasteiger partial charge in [0.1, 0.15) is 0 Å². The summed E-state index contributed by atoms with van der Waals surface area (Å²) in [6.45, 7) is 0.442. The summed E-state index contributed by atoms with van der Waals surface area (Å²) < 4.78 is 6.37. The molecule has 0 radical (unpaired) electrons. The molecular weight excluding hydrogens is 236 g/mol. The summed E-state index contributed by atoms with van der Waals surface area (Å²) in [5.41, 5.74) is 0.786. The van der Waals surface area contributed by atoms with Gasteiger partial charge in [-0.15, -0.1) is 0 Å². The minimum absolute atomic E-state index is 0.0421. The molecule has 0 amide bonds. The average Bonchev–Trinajstić information content (AvgIpc) is 2.78. The zero-order valence-electron chi connectivity index (χ0n) is 9.83. The number of ether oxygens (including phenoxy) is 1. The normalized spacial score (nSPS) is 10.5. The largest absolute Gasteiger partial charge is 0.469 e. The van der Waals surface area contributed by atoms with Crippen molar-refractivity contribution in [2.24, 2.45) is 0 Å². The number of methoxy groups -OCH3 is 1. The van der Waals surface area contributed by atoms with Crippen LogP contribution in [0.3, 0.4) is 0 Å². The molecule has 18 heavy (non-hydrogen) atoms. The second-order valence-corrected chi connectivity index (χ2v) is 3.84. The van der Waals surface area contributed by atoms with E-state index in [2.05, 4.69) is 4.74 Å². The maximum Gasteiger partial charge on any atom is 0.307 e. The van der Waals surface area contributed by atoms with E-state index in [9.17, 15) is 14.9 Å². The molecule has 0 saturated carbocycles. The number of aromatic nitrogens is 1. The first kappa shape index (κ1) is 12.1. The molecule has 6 heteroatoms. The van der Waals surface area contributed by atoms with Crippen molar-refractivity contribution in [3.63, 3.8) is 0 Å². The van der Waals surface area contributed by atoms with Crippen molar-refractivity contribution in [2.45, 2.75) is 13.0 Å². The fourth-order valence-corrected chi connectivity index (χ4v) is 1.79. The molecule has 0 unspecified atom stereocenters. The van der Waals surface area contributed by atoms with E-state index in [0.29, 0.717) is 6.54 Å². The van der Waals surface area contributed by atoms with Crippen LogP contribution in [-0.4, -0.2) is 22.6 Å². The van der Waals surface area contributed by atoms with Crippen LogP contribution in [0.15, 0.2) is 30.5 Å². The number of esters is 1. The van der Waals surface area contributed by atoms with Crippen LogP contribution in [0.5, 0.6) is 0 Å². The van der Waals surface area contributed by atoms with Gasteiger partial charge in [0.05, 0.1) is 24.0 Å². The topological polar surface area (TPSA) is 74.4 Å². The summed E-state index contributed by atoms with van der Waals surface area (Å²) in [5, 5.41) is 11.6. The van der Waals surface area contributed by atoms with Crippen molar-refractivity contribution in [3.8, 4) is 0 Å². The van der Waals surface area contributed by atoms with Gasteiger partial charge < -0.3 is 9.30 Å². The van der Waals surface area contributed by atoms with E-state index in [-0.39, 0.29) is 18.1 Å². The number of non-ortho nitro benzene ring substituents is 1. The van der Waals surface area contributed by atoms with Gasteiger partial charge in [-0.2, -0.15) is 0 Å². The lowest BCUT2D eigenvalue weighted by molar-refractivity contribution is -0.384. The number of benzene rings is 1. The summed E-state index contributed by atoms with van der Waals surface area (Å²) in [5.74, 6) is -0.303. The molecule has 0 fully saturated rings. The fraction of sp³-hybridized carbons (Fsp3) is 0.250. The van der Waals surface area contributed by atoms with Gasteiger partial charge in [-0.1, -0.05) is 0 Å². The van der Waals surface area contributed by atoms with Crippen LogP contribution >= 0.6 is 0 Å². The van der Waals surface area contributed by atoms with E-state index in [1.54, 1.807) is 16.8 Å². The third-order valence-corrected chi connectivity index (χ3v) is 2.75. The highest BCUT2D eigenvalue weighted by atomic mass is 16.6. The number of nitro groups is 1. The van der Waals surface area contributed by atoms with Crippen LogP contribution in [0, 0.1) is 10.1 Å². The highest BCUT2D eigenvalue weighted by molar-refractivity contribution is 5.82. The molecule has 0 bridgehead atoms. The molecule has 6 nitrogen and oxygen atoms in total. The number of carbonyl (C=O) groups excluding carboxylic acids is 1. The van der Waals surface area contributed by atoms with Crippen molar-refractivity contribution < 1.29 is 14.5 Å². The van der Waals surface area contributed by atoms with Gasteiger partial charge in [0.25, 0.3) is 5.69 Å². The van der Waals surface area contributed by atoms with E-state index < -0.39 is 4.92 Å². The van der Waals surface area contributed by atoms with Gasteiger partial charge in [-0.25, -0.2) is 0 Å². The first-order valence-electron chi connectivity index (χ1n) is 5.42. The van der Waals surface area contributed by atoms with Gasteiger partial charge in [0, 0.05) is 30.3 Å². The second kappa shape index (κ2) is 4.87. The van der Waals surface area contributed by atoms with Crippen LogP contribution in [0.1, 0.15) is 6.42 Å². The molecule has 0 N–H and O–H groups in total. The van der Waals surface area contributed by atoms with Crippen molar-refractivity contribution in [1.82, 2.24) is 4.57 Å². The number of carbonyl (C=O) groups is 1. The van der Waals surface area contributed by atoms with Gasteiger partial charge in [-0.3, -0.25) is 14.9 Å². The molecule has 0 spiro atoms. The van der Waals surface area contributed by atoms with Gasteiger partial charge in [-0.05, 0) is 12.1 Å². The van der Waals surface area contributed by atoms with E-state index in [1.165, 1.54) is 19.2 Å². The minimum Gasteiger partial charge on any atom is -0.469 e. The Morgan fingerprint density at radius 2 is 2.22 bits per heavy atom. The van der Waals surface area contributed by atoms with E-state index in [1.807, 2.05) is 6.07 Å². The summed E-state index contributed by atoms with van der Waals surface area (Å²) in [7, 11) is 1.33. The molecular formula is C12H12N2O4. The molecule has 0 aliphatic rings. The van der Waals surface area contributed by atoms with Gasteiger partial charge in [0.15, 0.2) is 0 Å². The van der Waals surface area contributed by atoms with Gasteiger partial charge >= 0.3 is 5.97 Å². The third kappa shape index (κ3) is 2.32. The molecule has 94 valence electrons. The number of fused-ring (bicyclic) bond motifs is 1. The maximum atomic E-state index is 11.1. The fourth-order valence-electron chi connectivity index (χ4n) is 1.79. The molecule has 0 saturated heterocycles. The molecule has 0 aliphatic heterocycles. The highest BCUT2D eigenvalue weighted by Crippen LogP contribution is 2.22. The quantitative estimate of drug-likeness (QED) is 0.472. The Balaban J connectivity index is 2.30. The summed E-state index contributed by atoms with van der Waals surface area (Å²) in [6, 6.07) is 6.53. The van der Waals surface area contributed by atoms with Crippen molar-refractivity contribution in [2.75, 3.05) is 7.11 Å².